The van der Waals surface area contributed by atoms with Gasteiger partial charge in [-0.2, -0.15) is 9.57 Å². The maximum Gasteiger partial charge on any atom is 0.232 e. The quantitative estimate of drug-likeness (QED) is 0.633. The molecule has 0 aliphatic carbocycles. The number of ether oxygens (including phenoxy) is 1. The highest BCUT2D eigenvalue weighted by Gasteiger charge is 2.38. The van der Waals surface area contributed by atoms with Crippen molar-refractivity contribution in [2.24, 2.45) is 0 Å². The lowest BCUT2D eigenvalue weighted by Crippen LogP contribution is -2.57. The first-order chi connectivity index (χ1) is 12.4. The fraction of sp³-hybridized carbons (Fsp3) is 0.500. The molecule has 138 valence electrons. The number of aromatic nitrogens is 1. The third kappa shape index (κ3) is 3.84. The number of hydrogen-bond acceptors (Lipinski definition) is 7. The molecule has 26 heavy (non-hydrogen) atoms. The van der Waals surface area contributed by atoms with E-state index in [4.69, 9.17) is 10.00 Å². The summed E-state index contributed by atoms with van der Waals surface area (Å²) in [7, 11) is -3.59. The number of likely N-dealkylation sites (tertiary alicyclic amines) is 1. The number of sulfonamides is 1. The molecule has 0 spiro atoms. The Balaban J connectivity index is 1.52. The van der Waals surface area contributed by atoms with Crippen molar-refractivity contribution in [1.82, 2.24) is 14.2 Å². The van der Waals surface area contributed by atoms with Crippen LogP contribution in [0.3, 0.4) is 0 Å². The van der Waals surface area contributed by atoms with Gasteiger partial charge in [-0.3, -0.25) is 14.5 Å². The summed E-state index contributed by atoms with van der Waals surface area (Å²) >= 11 is 0. The molecule has 2 amide bonds. The molecule has 0 unspecified atom stereocenters. The third-order valence-corrected chi connectivity index (χ3v) is 6.12. The summed E-state index contributed by atoms with van der Waals surface area (Å²) in [5.41, 5.74) is 0.288. The summed E-state index contributed by atoms with van der Waals surface area (Å²) in [6.07, 6.45) is 2.18. The van der Waals surface area contributed by atoms with Crippen molar-refractivity contribution in [3.63, 3.8) is 0 Å². The molecule has 0 atom stereocenters. The van der Waals surface area contributed by atoms with Gasteiger partial charge in [0, 0.05) is 25.6 Å². The van der Waals surface area contributed by atoms with E-state index in [9.17, 15) is 18.0 Å². The molecule has 0 saturated carbocycles. The molecule has 2 aliphatic rings. The first-order valence-electron chi connectivity index (χ1n) is 8.23. The molecular weight excluding hydrogens is 360 g/mol. The van der Waals surface area contributed by atoms with Gasteiger partial charge >= 0.3 is 0 Å². The highest BCUT2D eigenvalue weighted by atomic mass is 32.2. The molecule has 0 bridgehead atoms. The fourth-order valence-corrected chi connectivity index (χ4v) is 4.27. The molecule has 2 fully saturated rings. The molecule has 3 rings (SSSR count). The number of rotatable bonds is 6. The Morgan fingerprint density at radius 3 is 2.62 bits per heavy atom. The minimum absolute atomic E-state index is 0.124. The van der Waals surface area contributed by atoms with Gasteiger partial charge in [-0.25, -0.2) is 13.4 Å². The second kappa shape index (κ2) is 7.39. The first kappa shape index (κ1) is 18.3. The van der Waals surface area contributed by atoms with Crippen LogP contribution in [0.25, 0.3) is 0 Å². The minimum Gasteiger partial charge on any atom is -0.471 e. The van der Waals surface area contributed by atoms with Gasteiger partial charge in [-0.1, -0.05) is 0 Å². The van der Waals surface area contributed by atoms with E-state index in [2.05, 4.69) is 4.98 Å². The highest BCUT2D eigenvalue weighted by Crippen LogP contribution is 2.22. The topological polar surface area (TPSA) is 121 Å². The molecule has 3 heterocycles. The zero-order valence-corrected chi connectivity index (χ0v) is 14.8. The maximum absolute atomic E-state index is 12.3. The molecule has 1 aromatic rings. The Kier molecular flexibility index (Phi) is 5.20. The van der Waals surface area contributed by atoms with E-state index in [1.165, 1.54) is 10.5 Å². The second-order valence-corrected chi connectivity index (χ2v) is 8.22. The van der Waals surface area contributed by atoms with Crippen molar-refractivity contribution in [2.45, 2.75) is 25.4 Å². The van der Waals surface area contributed by atoms with Crippen LogP contribution in [0.15, 0.2) is 18.3 Å². The Labute approximate surface area is 151 Å². The summed E-state index contributed by atoms with van der Waals surface area (Å²) in [6.45, 7) is 0.165. The first-order valence-corrected chi connectivity index (χ1v) is 9.84. The fourth-order valence-electron chi connectivity index (χ4n) is 2.82. The van der Waals surface area contributed by atoms with Gasteiger partial charge in [0.1, 0.15) is 17.7 Å². The number of piperidine rings is 1. The standard InChI is InChI=1S/C16H18N4O5S/c17-9-12-3-2-6-18-16(12)25-13-10-19(11-13)26(23,24)8-7-20-14(21)4-1-5-15(20)22/h2-3,6,13H,1,4-5,7-8,10-11H2. The number of pyridine rings is 1. The lowest BCUT2D eigenvalue weighted by atomic mass is 10.1. The minimum atomic E-state index is -3.59. The lowest BCUT2D eigenvalue weighted by molar-refractivity contribution is -0.147. The summed E-state index contributed by atoms with van der Waals surface area (Å²) in [5.74, 6) is -0.757. The molecule has 1 aromatic heterocycles. The summed E-state index contributed by atoms with van der Waals surface area (Å²) in [5, 5.41) is 9.00. The Bertz CT molecular complexity index is 842. The molecule has 0 N–H and O–H groups in total. The van der Waals surface area contributed by atoms with Crippen LogP contribution in [-0.2, 0) is 19.6 Å². The number of amides is 2. The van der Waals surface area contributed by atoms with E-state index in [1.807, 2.05) is 6.07 Å². The van der Waals surface area contributed by atoms with Crippen LogP contribution in [0.1, 0.15) is 24.8 Å². The van der Waals surface area contributed by atoms with Crippen molar-refractivity contribution in [2.75, 3.05) is 25.4 Å². The van der Waals surface area contributed by atoms with E-state index in [0.717, 1.165) is 4.90 Å². The summed E-state index contributed by atoms with van der Waals surface area (Å²) in [6, 6.07) is 5.16. The smallest absolute Gasteiger partial charge is 0.232 e. The average molecular weight is 378 g/mol. The lowest BCUT2D eigenvalue weighted by Gasteiger charge is -2.38. The number of carbonyl (C=O) groups excluding carboxylic acids is 2. The number of imide groups is 1. The van der Waals surface area contributed by atoms with Crippen molar-refractivity contribution in [3.05, 3.63) is 23.9 Å². The molecule has 2 saturated heterocycles. The van der Waals surface area contributed by atoms with E-state index in [-0.39, 0.29) is 67.6 Å². The zero-order chi connectivity index (χ0) is 18.7. The Morgan fingerprint density at radius 2 is 1.96 bits per heavy atom. The monoisotopic (exact) mass is 378 g/mol. The predicted molar refractivity (Wildman–Crippen MR) is 89.3 cm³/mol. The summed E-state index contributed by atoms with van der Waals surface area (Å²) in [4.78, 5) is 28.5. The van der Waals surface area contributed by atoms with Crippen LogP contribution < -0.4 is 4.74 Å². The van der Waals surface area contributed by atoms with Gasteiger partial charge in [-0.15, -0.1) is 0 Å². The summed E-state index contributed by atoms with van der Waals surface area (Å²) < 4.78 is 31.5. The average Bonchev–Trinajstić information content (AvgIpc) is 2.57. The number of nitrogens with zero attached hydrogens (tertiary/aromatic N) is 4. The second-order valence-electron chi connectivity index (χ2n) is 6.13. The van der Waals surface area contributed by atoms with Crippen LogP contribution in [0, 0.1) is 11.3 Å². The molecule has 0 radical (unpaired) electrons. The van der Waals surface area contributed by atoms with Crippen LogP contribution in [0.4, 0.5) is 0 Å². The van der Waals surface area contributed by atoms with Crippen molar-refractivity contribution < 1.29 is 22.7 Å². The van der Waals surface area contributed by atoms with Crippen LogP contribution in [0.2, 0.25) is 0 Å². The Morgan fingerprint density at radius 1 is 1.27 bits per heavy atom. The largest absolute Gasteiger partial charge is 0.471 e. The molecule has 9 nitrogen and oxygen atoms in total. The van der Waals surface area contributed by atoms with Gasteiger partial charge in [0.25, 0.3) is 0 Å². The van der Waals surface area contributed by atoms with Crippen molar-refractivity contribution >= 4 is 21.8 Å². The van der Waals surface area contributed by atoms with Crippen LogP contribution in [0.5, 0.6) is 5.88 Å². The maximum atomic E-state index is 12.3. The molecule has 2 aliphatic heterocycles. The molecule has 10 heteroatoms. The zero-order valence-electron chi connectivity index (χ0n) is 14.0. The van der Waals surface area contributed by atoms with E-state index < -0.39 is 10.0 Å². The number of nitriles is 1. The number of carbonyl (C=O) groups is 2. The SMILES string of the molecule is N#Cc1cccnc1OC1CN(S(=O)(=O)CCN2C(=O)CCCC2=O)C1. The van der Waals surface area contributed by atoms with E-state index in [1.54, 1.807) is 12.1 Å². The van der Waals surface area contributed by atoms with Gasteiger partial charge in [-0.05, 0) is 18.6 Å². The normalized spacial score (nSPS) is 19.1. The number of hydrogen-bond donors (Lipinski definition) is 0. The predicted octanol–water partition coefficient (Wildman–Crippen LogP) is -0.115. The van der Waals surface area contributed by atoms with Crippen LogP contribution >= 0.6 is 0 Å². The van der Waals surface area contributed by atoms with Gasteiger partial charge in [0.15, 0.2) is 0 Å². The van der Waals surface area contributed by atoms with E-state index >= 15 is 0 Å². The van der Waals surface area contributed by atoms with Gasteiger partial charge in [0.05, 0.1) is 18.8 Å². The van der Waals surface area contributed by atoms with Crippen molar-refractivity contribution in [3.8, 4) is 11.9 Å². The molecule has 0 aromatic carbocycles. The Hall–Kier alpha value is -2.51. The molecular formula is C16H18N4O5S. The van der Waals surface area contributed by atoms with Crippen LogP contribution in [-0.4, -0.2) is 65.9 Å². The van der Waals surface area contributed by atoms with Gasteiger partial charge < -0.3 is 4.74 Å². The third-order valence-electron chi connectivity index (χ3n) is 4.33. The van der Waals surface area contributed by atoms with E-state index in [0.29, 0.717) is 6.42 Å². The highest BCUT2D eigenvalue weighted by molar-refractivity contribution is 7.89. The van der Waals surface area contributed by atoms with Crippen molar-refractivity contribution in [1.29, 1.82) is 5.26 Å². The van der Waals surface area contributed by atoms with Gasteiger partial charge in [0.2, 0.25) is 27.7 Å².